The number of primary sulfonamides is 1. The molecule has 0 spiro atoms. The number of hydrogen-bond acceptors (Lipinski definition) is 6. The first-order valence-corrected chi connectivity index (χ1v) is 8.95. The van der Waals surface area contributed by atoms with Gasteiger partial charge >= 0.3 is 0 Å². The van der Waals surface area contributed by atoms with Crippen LogP contribution in [-0.2, 0) is 10.0 Å². The summed E-state index contributed by atoms with van der Waals surface area (Å²) in [4.78, 5) is 12.2. The maximum atomic E-state index is 11.6. The minimum absolute atomic E-state index is 0.131. The summed E-state index contributed by atoms with van der Waals surface area (Å²) >= 11 is 0. The molecule has 9 nitrogen and oxygen atoms in total. The maximum absolute atomic E-state index is 11.6. The summed E-state index contributed by atoms with van der Waals surface area (Å²) in [5.41, 5.74) is 0.183. The van der Waals surface area contributed by atoms with Crippen LogP contribution in [0.15, 0.2) is 41.6 Å². The second kappa shape index (κ2) is 6.21. The lowest BCUT2D eigenvalue weighted by atomic mass is 10.0. The summed E-state index contributed by atoms with van der Waals surface area (Å²) in [5.74, 6) is 0. The van der Waals surface area contributed by atoms with Crippen molar-refractivity contribution in [3.05, 3.63) is 46.8 Å². The van der Waals surface area contributed by atoms with Gasteiger partial charge in [-0.05, 0) is 25.0 Å². The van der Waals surface area contributed by atoms with Crippen LogP contribution in [-0.4, -0.2) is 36.2 Å². The van der Waals surface area contributed by atoms with Gasteiger partial charge in [-0.15, -0.1) is 0 Å². The van der Waals surface area contributed by atoms with E-state index in [4.69, 9.17) is 5.14 Å². The van der Waals surface area contributed by atoms with Crippen LogP contribution in [0.4, 0.5) is 11.4 Å². The molecule has 0 saturated carbocycles. The molecule has 1 aliphatic rings. The summed E-state index contributed by atoms with van der Waals surface area (Å²) < 4.78 is 25.1. The highest BCUT2D eigenvalue weighted by atomic mass is 32.2. The van der Waals surface area contributed by atoms with E-state index in [1.807, 2.05) is 21.8 Å². The standard InChI is InChI=1S/C14H17N5O4S/c15-24(22,23)14-8-12(7-13(9-14)19(20)21)17-5-1-3-11(10-17)18-6-2-4-16-18/h2,4,6-9,11H,1,3,5,10H2,(H2,15,22,23). The Balaban J connectivity index is 1.95. The van der Waals surface area contributed by atoms with Gasteiger partial charge in [-0.2, -0.15) is 5.10 Å². The average Bonchev–Trinajstić information content (AvgIpc) is 3.08. The largest absolute Gasteiger partial charge is 0.369 e. The fourth-order valence-corrected chi connectivity index (χ4v) is 3.49. The number of nitrogens with zero attached hydrogens (tertiary/aromatic N) is 4. The van der Waals surface area contributed by atoms with E-state index >= 15 is 0 Å². The van der Waals surface area contributed by atoms with Crippen molar-refractivity contribution in [2.75, 3.05) is 18.0 Å². The molecule has 2 N–H and O–H groups in total. The van der Waals surface area contributed by atoms with E-state index in [0.717, 1.165) is 18.9 Å². The van der Waals surface area contributed by atoms with Crippen molar-refractivity contribution in [3.63, 3.8) is 0 Å². The first kappa shape index (κ1) is 16.4. The van der Waals surface area contributed by atoms with Crippen molar-refractivity contribution in [1.82, 2.24) is 9.78 Å². The third kappa shape index (κ3) is 3.39. The average molecular weight is 351 g/mol. The van der Waals surface area contributed by atoms with Gasteiger partial charge in [0.15, 0.2) is 0 Å². The zero-order valence-electron chi connectivity index (χ0n) is 12.8. The van der Waals surface area contributed by atoms with E-state index < -0.39 is 14.9 Å². The van der Waals surface area contributed by atoms with Crippen LogP contribution >= 0.6 is 0 Å². The number of anilines is 1. The van der Waals surface area contributed by atoms with Crippen molar-refractivity contribution in [2.24, 2.45) is 5.14 Å². The minimum Gasteiger partial charge on any atom is -0.369 e. The van der Waals surface area contributed by atoms with Gasteiger partial charge in [0.2, 0.25) is 10.0 Å². The molecule has 128 valence electrons. The highest BCUT2D eigenvalue weighted by molar-refractivity contribution is 7.89. The molecule has 1 aromatic heterocycles. The number of non-ortho nitro benzene ring substituents is 1. The van der Waals surface area contributed by atoms with Crippen LogP contribution in [0.25, 0.3) is 0 Å². The Labute approximate surface area is 138 Å². The molecule has 10 heteroatoms. The smallest absolute Gasteiger partial charge is 0.272 e. The van der Waals surface area contributed by atoms with E-state index in [1.165, 1.54) is 12.1 Å². The van der Waals surface area contributed by atoms with E-state index in [-0.39, 0.29) is 16.6 Å². The fourth-order valence-electron chi connectivity index (χ4n) is 2.92. The maximum Gasteiger partial charge on any atom is 0.272 e. The Kier molecular flexibility index (Phi) is 4.24. The van der Waals surface area contributed by atoms with E-state index in [1.54, 1.807) is 6.20 Å². The lowest BCUT2D eigenvalue weighted by Crippen LogP contribution is -2.37. The third-order valence-electron chi connectivity index (χ3n) is 4.08. The molecule has 1 fully saturated rings. The Bertz CT molecular complexity index is 850. The molecule has 1 aliphatic heterocycles. The molecule has 0 bridgehead atoms. The van der Waals surface area contributed by atoms with Crippen molar-refractivity contribution < 1.29 is 13.3 Å². The molecular formula is C14H17N5O4S. The van der Waals surface area contributed by atoms with E-state index in [0.29, 0.717) is 18.8 Å². The molecule has 1 saturated heterocycles. The molecule has 2 aromatic rings. The van der Waals surface area contributed by atoms with E-state index in [2.05, 4.69) is 5.10 Å². The molecule has 2 heterocycles. The quantitative estimate of drug-likeness (QED) is 0.653. The zero-order valence-corrected chi connectivity index (χ0v) is 13.6. The predicted octanol–water partition coefficient (Wildman–Crippen LogP) is 1.28. The summed E-state index contributed by atoms with van der Waals surface area (Å²) in [7, 11) is -4.03. The number of aromatic nitrogens is 2. The van der Waals surface area contributed by atoms with Crippen LogP contribution in [0.2, 0.25) is 0 Å². The second-order valence-electron chi connectivity index (χ2n) is 5.72. The van der Waals surface area contributed by atoms with Crippen LogP contribution in [0, 0.1) is 10.1 Å². The highest BCUT2D eigenvalue weighted by Gasteiger charge is 2.25. The van der Waals surface area contributed by atoms with Gasteiger partial charge in [-0.3, -0.25) is 14.8 Å². The Morgan fingerprint density at radius 2 is 2.12 bits per heavy atom. The Hall–Kier alpha value is -2.46. The van der Waals surface area contributed by atoms with Crippen LogP contribution in [0.3, 0.4) is 0 Å². The summed E-state index contributed by atoms with van der Waals surface area (Å²) in [6, 6.07) is 5.71. The number of nitrogens with two attached hydrogens (primary N) is 1. The van der Waals surface area contributed by atoms with Gasteiger partial charge < -0.3 is 4.90 Å². The first-order chi connectivity index (χ1) is 11.3. The Morgan fingerprint density at radius 1 is 1.33 bits per heavy atom. The number of benzene rings is 1. The molecule has 0 radical (unpaired) electrons. The van der Waals surface area contributed by atoms with Crippen molar-refractivity contribution in [3.8, 4) is 0 Å². The molecule has 24 heavy (non-hydrogen) atoms. The van der Waals surface area contributed by atoms with Crippen LogP contribution in [0.5, 0.6) is 0 Å². The van der Waals surface area contributed by atoms with Gasteiger partial charge in [0.1, 0.15) is 0 Å². The van der Waals surface area contributed by atoms with Gasteiger partial charge in [0.25, 0.3) is 5.69 Å². The lowest BCUT2D eigenvalue weighted by molar-refractivity contribution is -0.385. The summed E-state index contributed by atoms with van der Waals surface area (Å²) in [5, 5.41) is 20.5. The number of sulfonamides is 1. The number of nitro benzene ring substituents is 1. The fraction of sp³-hybridized carbons (Fsp3) is 0.357. The van der Waals surface area contributed by atoms with Gasteiger partial charge in [-0.1, -0.05) is 0 Å². The molecule has 1 unspecified atom stereocenters. The minimum atomic E-state index is -4.03. The third-order valence-corrected chi connectivity index (χ3v) is 4.97. The van der Waals surface area contributed by atoms with Crippen molar-refractivity contribution in [2.45, 2.75) is 23.8 Å². The lowest BCUT2D eigenvalue weighted by Gasteiger charge is -2.34. The zero-order chi connectivity index (χ0) is 17.3. The Morgan fingerprint density at radius 3 is 2.75 bits per heavy atom. The van der Waals surface area contributed by atoms with Crippen LogP contribution in [0.1, 0.15) is 18.9 Å². The predicted molar refractivity (Wildman–Crippen MR) is 87.2 cm³/mol. The van der Waals surface area contributed by atoms with Gasteiger partial charge in [0, 0.05) is 43.3 Å². The SMILES string of the molecule is NS(=O)(=O)c1cc(N2CCCC(n3cccn3)C2)cc([N+](=O)[O-])c1. The number of hydrogen-bond donors (Lipinski definition) is 1. The van der Waals surface area contributed by atoms with Crippen molar-refractivity contribution >= 4 is 21.4 Å². The molecule has 3 rings (SSSR count). The topological polar surface area (TPSA) is 124 Å². The highest BCUT2D eigenvalue weighted by Crippen LogP contribution is 2.30. The first-order valence-electron chi connectivity index (χ1n) is 7.41. The van der Waals surface area contributed by atoms with Gasteiger partial charge in [-0.25, -0.2) is 13.6 Å². The van der Waals surface area contributed by atoms with E-state index in [9.17, 15) is 18.5 Å². The second-order valence-corrected chi connectivity index (χ2v) is 7.28. The van der Waals surface area contributed by atoms with Crippen LogP contribution < -0.4 is 10.0 Å². The molecule has 1 aromatic carbocycles. The van der Waals surface area contributed by atoms with Gasteiger partial charge in [0.05, 0.1) is 15.9 Å². The monoisotopic (exact) mass is 351 g/mol. The molecule has 0 amide bonds. The normalized spacial score (nSPS) is 18.5. The summed E-state index contributed by atoms with van der Waals surface area (Å²) in [6.45, 7) is 1.27. The molecule has 1 atom stereocenters. The molecular weight excluding hydrogens is 334 g/mol. The summed E-state index contributed by atoms with van der Waals surface area (Å²) in [6.07, 6.45) is 5.38. The number of nitro groups is 1. The molecule has 0 aliphatic carbocycles. The number of piperidine rings is 1. The number of rotatable bonds is 4. The van der Waals surface area contributed by atoms with Crippen molar-refractivity contribution in [1.29, 1.82) is 0 Å².